The number of imide groups is 2. The van der Waals surface area contributed by atoms with E-state index in [0.29, 0.717) is 5.56 Å². The van der Waals surface area contributed by atoms with Gasteiger partial charge in [0.1, 0.15) is 6.73 Å². The molecule has 4 unspecified atom stereocenters. The lowest BCUT2D eigenvalue weighted by atomic mass is 9.83. The van der Waals surface area contributed by atoms with Gasteiger partial charge in [0.15, 0.2) is 0 Å². The molecule has 14 rings (SSSR count). The van der Waals surface area contributed by atoms with Crippen LogP contribution in [-0.2, 0) is 81.0 Å². The Kier molecular flexibility index (Phi) is 14.1. The number of nitrogens with zero attached hydrogens (tertiary/aromatic N) is 4. The lowest BCUT2D eigenvalue weighted by Gasteiger charge is -2.22. The summed E-state index contributed by atoms with van der Waals surface area (Å²) in [6.45, 7) is 0.961. The van der Waals surface area contributed by atoms with Gasteiger partial charge in [-0.3, -0.25) is 38.1 Å². The molecule has 4 aliphatic rings. The zero-order chi connectivity index (χ0) is 56.3. The van der Waals surface area contributed by atoms with Crippen LogP contribution in [-0.4, -0.2) is 81.8 Å². The monoisotopic (exact) mass is 1140 g/mol. The number of aromatic amines is 2. The average Bonchev–Trinajstić information content (AvgIpc) is 4.52. The van der Waals surface area contributed by atoms with Crippen LogP contribution in [0.2, 0.25) is 0 Å². The van der Waals surface area contributed by atoms with Crippen molar-refractivity contribution in [3.63, 3.8) is 0 Å². The molecule has 4 aliphatic heterocycles. The van der Waals surface area contributed by atoms with E-state index in [2.05, 4.69) is 48.0 Å². The first-order valence-corrected chi connectivity index (χ1v) is 30.8. The van der Waals surface area contributed by atoms with Gasteiger partial charge in [0.25, 0.3) is 0 Å². The highest BCUT2D eigenvalue weighted by Crippen LogP contribution is 2.53. The fourth-order valence-electron chi connectivity index (χ4n) is 12.8. The molecule has 2 saturated heterocycles. The van der Waals surface area contributed by atoms with Crippen LogP contribution in [0, 0.1) is 0 Å². The van der Waals surface area contributed by atoms with Gasteiger partial charge in [0.2, 0.25) is 23.6 Å². The molecule has 19 heteroatoms. The normalized spacial score (nSPS) is 19.1. The van der Waals surface area contributed by atoms with E-state index in [1.165, 1.54) is 16.0 Å². The summed E-state index contributed by atoms with van der Waals surface area (Å²) >= 11 is 0. The van der Waals surface area contributed by atoms with Crippen molar-refractivity contribution in [3.8, 4) is 0 Å². The summed E-state index contributed by atoms with van der Waals surface area (Å²) in [4.78, 5) is 83.3. The number of fused-ring (bicyclic) bond motifs is 2. The Morgan fingerprint density at radius 1 is 0.476 bits per heavy atom. The number of rotatable bonds is 16. The molecule has 4 aromatic heterocycles. The molecule has 416 valence electrons. The standard InChI is InChI=1S/C39H36N3O5P.C24H22N3O6P/c43-38-35(32-23-40-34-19-8-7-17-30(32)34)36(33-24-41-20-10-16-29-15-9-18-31(33)37(29)41)39(44)42(38)21-22-48(45,46-25-27-11-3-1-4-12-27)47-26-28-13-5-2-6-14-28;28-23-20(17-11-25-19-9-2-1-7-15(17)19)21(24(29)27(23)13-33-34(30,31)32)18-12-26-10-4-6-14-5-3-8-16(18)22(14)26/h1-9,11-15,17-19,23-24,35-36,40H,10,16,20-22,25-26H2;1-3,5,7-9,11-12,20-21,25H,4,6,10,13H2,(H2,30,31,32). The molecule has 10 aromatic rings. The number of nitrogens with one attached hydrogen (secondary N) is 2. The summed E-state index contributed by atoms with van der Waals surface area (Å²) in [6.07, 6.45) is 11.5. The van der Waals surface area contributed by atoms with Gasteiger partial charge in [0.05, 0.1) is 54.1 Å². The SMILES string of the molecule is O=C1C(c2c[nH]c3ccccc23)C(c2cn3c4c(cccc24)CCC3)C(=O)N1CCP(=O)(OCc1ccccc1)OCc1ccccc1.O=C1C(c2c[nH]c3ccccc23)C(c2cn3c4c(cccc24)CCC3)C(=O)N1COP(=O)(O)O. The van der Waals surface area contributed by atoms with E-state index >= 15 is 0 Å². The Balaban J connectivity index is 0.000000163. The maximum absolute atomic E-state index is 14.6. The Bertz CT molecular complexity index is 4170. The molecule has 0 spiro atoms. The third kappa shape index (κ3) is 9.85. The van der Waals surface area contributed by atoms with Crippen LogP contribution in [0.3, 0.4) is 0 Å². The number of phosphoric acid groups is 1. The van der Waals surface area contributed by atoms with Gasteiger partial charge < -0.3 is 37.9 Å². The molecule has 2 fully saturated rings. The van der Waals surface area contributed by atoms with Gasteiger partial charge in [-0.25, -0.2) is 4.57 Å². The van der Waals surface area contributed by atoms with Crippen molar-refractivity contribution in [1.82, 2.24) is 28.9 Å². The van der Waals surface area contributed by atoms with Crippen molar-refractivity contribution in [2.45, 2.75) is 75.7 Å². The fraction of sp³-hybridized carbons (Fsp3) is 0.238. The third-order valence-corrected chi connectivity index (χ3v) is 18.8. The molecular weight excluding hydrogens is 1080 g/mol. The van der Waals surface area contributed by atoms with E-state index in [1.54, 1.807) is 6.20 Å². The Morgan fingerprint density at radius 3 is 1.35 bits per heavy atom. The number of para-hydroxylation sites is 4. The van der Waals surface area contributed by atoms with Crippen LogP contribution in [0.15, 0.2) is 170 Å². The van der Waals surface area contributed by atoms with E-state index in [-0.39, 0.29) is 37.7 Å². The minimum Gasteiger partial charge on any atom is -0.361 e. The number of carbonyl (C=O) groups excluding carboxylic acids is 4. The first-order valence-electron chi connectivity index (χ1n) is 27.5. The number of H-pyrrole nitrogens is 2. The summed E-state index contributed by atoms with van der Waals surface area (Å²) in [5, 5.41) is 3.66. The second-order valence-corrected chi connectivity index (χ2v) is 24.8. The maximum atomic E-state index is 14.6. The van der Waals surface area contributed by atoms with Gasteiger partial charge in [-0.15, -0.1) is 0 Å². The van der Waals surface area contributed by atoms with E-state index in [0.717, 1.165) is 115 Å². The number of benzene rings is 6. The third-order valence-electron chi connectivity index (χ3n) is 16.6. The van der Waals surface area contributed by atoms with Crippen molar-refractivity contribution < 1.29 is 51.7 Å². The number of aromatic nitrogens is 4. The minimum atomic E-state index is -4.88. The lowest BCUT2D eigenvalue weighted by molar-refractivity contribution is -0.143. The average molecular weight is 1140 g/mol. The van der Waals surface area contributed by atoms with Crippen molar-refractivity contribution >= 4 is 82.7 Å². The van der Waals surface area contributed by atoms with E-state index in [1.807, 2.05) is 140 Å². The lowest BCUT2D eigenvalue weighted by Crippen LogP contribution is -2.33. The van der Waals surface area contributed by atoms with Crippen LogP contribution in [0.25, 0.3) is 43.6 Å². The van der Waals surface area contributed by atoms with Crippen LogP contribution in [0.4, 0.5) is 0 Å². The molecule has 0 saturated carbocycles. The van der Waals surface area contributed by atoms with Crippen LogP contribution >= 0.6 is 15.4 Å². The number of carbonyl (C=O) groups is 4. The van der Waals surface area contributed by atoms with Crippen molar-refractivity contribution in [2.75, 3.05) is 19.4 Å². The summed E-state index contributed by atoms with van der Waals surface area (Å²) in [5.41, 5.74) is 11.2. The highest BCUT2D eigenvalue weighted by Gasteiger charge is 2.53. The van der Waals surface area contributed by atoms with Crippen molar-refractivity contribution in [2.24, 2.45) is 0 Å². The maximum Gasteiger partial charge on any atom is 0.471 e. The smallest absolute Gasteiger partial charge is 0.361 e. The van der Waals surface area contributed by atoms with E-state index < -0.39 is 57.6 Å². The second-order valence-electron chi connectivity index (χ2n) is 21.4. The predicted molar refractivity (Wildman–Crippen MR) is 310 cm³/mol. The number of amides is 4. The molecule has 0 bridgehead atoms. The number of phosphoric ester groups is 1. The quantitative estimate of drug-likeness (QED) is 0.0527. The molecule has 4 N–H and O–H groups in total. The Hall–Kier alpha value is -7.98. The van der Waals surface area contributed by atoms with Gasteiger partial charge in [-0.2, -0.15) is 0 Å². The van der Waals surface area contributed by atoms with Crippen LogP contribution < -0.4 is 0 Å². The topological polar surface area (TPSA) is 218 Å². The summed E-state index contributed by atoms with van der Waals surface area (Å²) in [6, 6.07) is 46.6. The molecule has 17 nitrogen and oxygen atoms in total. The molecular formula is C63H58N6O11P2. The molecule has 6 aromatic carbocycles. The van der Waals surface area contributed by atoms with Crippen molar-refractivity contribution in [1.29, 1.82) is 0 Å². The molecule has 4 atom stereocenters. The summed E-state index contributed by atoms with van der Waals surface area (Å²) < 4.78 is 46.6. The fourth-order valence-corrected chi connectivity index (χ4v) is 14.6. The number of hydrogen-bond donors (Lipinski definition) is 4. The minimum absolute atomic E-state index is 0.0806. The second kappa shape index (κ2) is 21.7. The molecule has 0 radical (unpaired) electrons. The Morgan fingerprint density at radius 2 is 0.890 bits per heavy atom. The van der Waals surface area contributed by atoms with E-state index in [4.69, 9.17) is 9.05 Å². The molecule has 4 amide bonds. The van der Waals surface area contributed by atoms with Crippen LogP contribution in [0.1, 0.15) is 81.0 Å². The molecule has 82 heavy (non-hydrogen) atoms. The Labute approximate surface area is 471 Å². The predicted octanol–water partition coefficient (Wildman–Crippen LogP) is 11.3. The van der Waals surface area contributed by atoms with Crippen LogP contribution in [0.5, 0.6) is 0 Å². The summed E-state index contributed by atoms with van der Waals surface area (Å²) in [5.74, 6) is -4.85. The number of hydrogen-bond acceptors (Lipinski definition) is 9. The highest BCUT2D eigenvalue weighted by atomic mass is 31.2. The molecule has 0 aliphatic carbocycles. The summed E-state index contributed by atoms with van der Waals surface area (Å²) in [7, 11) is -8.64. The highest BCUT2D eigenvalue weighted by molar-refractivity contribution is 7.53. The number of likely N-dealkylation sites (tertiary alicyclic amines) is 2. The largest absolute Gasteiger partial charge is 0.471 e. The first kappa shape index (κ1) is 53.3. The zero-order valence-electron chi connectivity index (χ0n) is 44.5. The van der Waals surface area contributed by atoms with Gasteiger partial charge in [0, 0.05) is 77.0 Å². The number of aryl methyl sites for hydroxylation is 4. The zero-order valence-corrected chi connectivity index (χ0v) is 46.3. The molecule has 8 heterocycles. The van der Waals surface area contributed by atoms with Gasteiger partial charge in [-0.1, -0.05) is 133 Å². The van der Waals surface area contributed by atoms with Gasteiger partial charge >= 0.3 is 15.4 Å². The van der Waals surface area contributed by atoms with E-state index in [9.17, 15) is 38.1 Å². The first-order chi connectivity index (χ1) is 39.8. The van der Waals surface area contributed by atoms with Crippen molar-refractivity contribution in [3.05, 3.63) is 215 Å². The van der Waals surface area contributed by atoms with Gasteiger partial charge in [-0.05, 0) is 82.3 Å².